The molecule has 0 aromatic heterocycles. The highest BCUT2D eigenvalue weighted by atomic mass is 35.5. The normalized spacial score (nSPS) is 16.2. The van der Waals surface area contributed by atoms with E-state index in [4.69, 9.17) is 21.1 Å². The summed E-state index contributed by atoms with van der Waals surface area (Å²) in [6.07, 6.45) is 0.970. The van der Waals surface area contributed by atoms with Crippen molar-refractivity contribution >= 4 is 11.6 Å². The average molecular weight is 422 g/mol. The van der Waals surface area contributed by atoms with Crippen molar-refractivity contribution in [1.29, 1.82) is 0 Å². The summed E-state index contributed by atoms with van der Waals surface area (Å²) in [7, 11) is 3.38. The van der Waals surface area contributed by atoms with Crippen LogP contribution >= 0.6 is 11.6 Å². The van der Waals surface area contributed by atoms with Crippen LogP contribution in [0.3, 0.4) is 0 Å². The lowest BCUT2D eigenvalue weighted by atomic mass is 9.87. The second kappa shape index (κ2) is 8.71. The van der Waals surface area contributed by atoms with Crippen LogP contribution in [0.4, 0.5) is 0 Å². The topological polar surface area (TPSA) is 21.7 Å². The van der Waals surface area contributed by atoms with Crippen LogP contribution in [0.2, 0.25) is 5.02 Å². The molecule has 3 nitrogen and oxygen atoms in total. The minimum absolute atomic E-state index is 0.104. The summed E-state index contributed by atoms with van der Waals surface area (Å²) in [4.78, 5) is 2.54. The first kappa shape index (κ1) is 20.8. The Hall–Kier alpha value is -2.49. The zero-order valence-corrected chi connectivity index (χ0v) is 18.8. The molecule has 1 heterocycles. The van der Waals surface area contributed by atoms with E-state index in [9.17, 15) is 0 Å². The smallest absolute Gasteiger partial charge is 0.161 e. The molecule has 0 unspecified atom stereocenters. The maximum atomic E-state index is 6.39. The van der Waals surface area contributed by atoms with Crippen LogP contribution in [0.1, 0.15) is 39.4 Å². The summed E-state index contributed by atoms with van der Waals surface area (Å²) in [6, 6.07) is 19.3. The molecule has 30 heavy (non-hydrogen) atoms. The number of hydrogen-bond donors (Lipinski definition) is 0. The van der Waals surface area contributed by atoms with Crippen LogP contribution < -0.4 is 9.47 Å². The molecule has 1 aliphatic heterocycles. The number of hydrogen-bond acceptors (Lipinski definition) is 3. The summed E-state index contributed by atoms with van der Waals surface area (Å²) < 4.78 is 11.2. The van der Waals surface area contributed by atoms with Crippen LogP contribution in [-0.2, 0) is 13.0 Å². The van der Waals surface area contributed by atoms with Gasteiger partial charge < -0.3 is 9.47 Å². The van der Waals surface area contributed by atoms with Gasteiger partial charge in [-0.15, -0.1) is 0 Å². The fourth-order valence-corrected chi connectivity index (χ4v) is 4.62. The van der Waals surface area contributed by atoms with Gasteiger partial charge in [-0.25, -0.2) is 0 Å². The lowest BCUT2D eigenvalue weighted by Crippen LogP contribution is -2.36. The summed E-state index contributed by atoms with van der Waals surface area (Å²) in [6.45, 7) is 6.19. The van der Waals surface area contributed by atoms with E-state index in [0.717, 1.165) is 36.0 Å². The number of ether oxygens (including phenoxy) is 2. The van der Waals surface area contributed by atoms with Crippen molar-refractivity contribution in [3.8, 4) is 11.5 Å². The van der Waals surface area contributed by atoms with Crippen LogP contribution in [0.5, 0.6) is 11.5 Å². The summed E-state index contributed by atoms with van der Waals surface area (Å²) in [5.74, 6) is 1.54. The molecule has 0 N–H and O–H groups in total. The highest BCUT2D eigenvalue weighted by molar-refractivity contribution is 6.30. The van der Waals surface area contributed by atoms with Crippen LogP contribution in [0.25, 0.3) is 0 Å². The first-order valence-electron chi connectivity index (χ1n) is 10.3. The van der Waals surface area contributed by atoms with Crippen molar-refractivity contribution in [3.63, 3.8) is 0 Å². The van der Waals surface area contributed by atoms with Crippen molar-refractivity contribution < 1.29 is 9.47 Å². The van der Waals surface area contributed by atoms with E-state index in [1.54, 1.807) is 14.2 Å². The maximum absolute atomic E-state index is 6.39. The Morgan fingerprint density at radius 2 is 1.73 bits per heavy atom. The van der Waals surface area contributed by atoms with Crippen molar-refractivity contribution in [2.24, 2.45) is 0 Å². The number of halogens is 1. The van der Waals surface area contributed by atoms with Gasteiger partial charge in [-0.2, -0.15) is 0 Å². The zero-order valence-electron chi connectivity index (χ0n) is 18.0. The van der Waals surface area contributed by atoms with Gasteiger partial charge >= 0.3 is 0 Å². The van der Waals surface area contributed by atoms with Crippen LogP contribution in [-0.4, -0.2) is 25.7 Å². The average Bonchev–Trinajstić information content (AvgIpc) is 2.75. The van der Waals surface area contributed by atoms with Gasteiger partial charge in [-0.3, -0.25) is 4.90 Å². The number of methoxy groups -OCH3 is 2. The Labute approximate surface area is 184 Å². The highest BCUT2D eigenvalue weighted by Crippen LogP contribution is 2.42. The van der Waals surface area contributed by atoms with Gasteiger partial charge in [0.05, 0.1) is 20.3 Å². The van der Waals surface area contributed by atoms with Gasteiger partial charge in [0.1, 0.15) is 0 Å². The molecular weight excluding hydrogens is 394 g/mol. The Morgan fingerprint density at radius 3 is 2.47 bits per heavy atom. The molecule has 0 saturated carbocycles. The van der Waals surface area contributed by atoms with Crippen molar-refractivity contribution in [3.05, 3.63) is 93.0 Å². The minimum Gasteiger partial charge on any atom is -0.493 e. The van der Waals surface area contributed by atoms with Crippen LogP contribution in [0.15, 0.2) is 54.6 Å². The molecule has 0 fully saturated rings. The number of rotatable bonds is 5. The summed E-state index contributed by atoms with van der Waals surface area (Å²) >= 11 is 6.39. The predicted octanol–water partition coefficient (Wildman–Crippen LogP) is 6.12. The monoisotopic (exact) mass is 421 g/mol. The van der Waals surface area contributed by atoms with Gasteiger partial charge in [0.15, 0.2) is 11.5 Å². The lowest BCUT2D eigenvalue weighted by Gasteiger charge is -2.38. The SMILES string of the molecule is COc1cc2c(cc1OC)[C@H](c1cccc(Cl)c1)N(Cc1cc(C)ccc1C)CC2. The molecule has 1 aliphatic rings. The molecule has 0 bridgehead atoms. The summed E-state index contributed by atoms with van der Waals surface area (Å²) in [5, 5.41) is 0.756. The van der Waals surface area contributed by atoms with Crippen LogP contribution in [0, 0.1) is 13.8 Å². The van der Waals surface area contributed by atoms with E-state index >= 15 is 0 Å². The van der Waals surface area contributed by atoms with Gasteiger partial charge in [-0.1, -0.05) is 47.5 Å². The molecule has 0 saturated heterocycles. The second-order valence-corrected chi connectivity index (χ2v) is 8.45. The molecule has 0 aliphatic carbocycles. The molecule has 4 rings (SSSR count). The molecule has 3 aromatic carbocycles. The van der Waals surface area contributed by atoms with E-state index < -0.39 is 0 Å². The molecular formula is C26H28ClNO2. The second-order valence-electron chi connectivity index (χ2n) is 8.01. The Balaban J connectivity index is 1.82. The van der Waals surface area contributed by atoms with Crippen molar-refractivity contribution in [2.75, 3.05) is 20.8 Å². The van der Waals surface area contributed by atoms with Crippen molar-refractivity contribution in [1.82, 2.24) is 4.90 Å². The number of aryl methyl sites for hydroxylation is 2. The molecule has 3 aromatic rings. The third-order valence-electron chi connectivity index (χ3n) is 6.02. The van der Waals surface area contributed by atoms with Crippen molar-refractivity contribution in [2.45, 2.75) is 32.9 Å². The predicted molar refractivity (Wildman–Crippen MR) is 123 cm³/mol. The third kappa shape index (κ3) is 4.05. The number of nitrogens with zero attached hydrogens (tertiary/aromatic N) is 1. The molecule has 1 atom stereocenters. The summed E-state index contributed by atoms with van der Waals surface area (Å²) in [5.41, 5.74) is 7.73. The van der Waals surface area contributed by atoms with Gasteiger partial charge in [0.25, 0.3) is 0 Å². The lowest BCUT2D eigenvalue weighted by molar-refractivity contribution is 0.203. The standard InChI is InChI=1S/C26H28ClNO2/c1-17-8-9-18(2)21(12-17)16-28-11-10-19-14-24(29-3)25(30-4)15-23(19)26(28)20-6-5-7-22(27)13-20/h5-9,12-15,26H,10-11,16H2,1-4H3/t26-/m0/s1. The van der Waals surface area contributed by atoms with E-state index in [1.165, 1.54) is 33.4 Å². The molecule has 156 valence electrons. The highest BCUT2D eigenvalue weighted by Gasteiger charge is 2.30. The van der Waals surface area contributed by atoms with E-state index in [2.05, 4.69) is 61.2 Å². The fraction of sp³-hybridized carbons (Fsp3) is 0.308. The number of fused-ring (bicyclic) bond motifs is 1. The number of benzene rings is 3. The fourth-order valence-electron chi connectivity index (χ4n) is 4.42. The molecule has 0 radical (unpaired) electrons. The van der Waals surface area contributed by atoms with Gasteiger partial charge in [0, 0.05) is 18.1 Å². The van der Waals surface area contributed by atoms with E-state index in [1.807, 2.05) is 12.1 Å². The molecule has 0 amide bonds. The Morgan fingerprint density at radius 1 is 0.967 bits per heavy atom. The first-order valence-corrected chi connectivity index (χ1v) is 10.7. The maximum Gasteiger partial charge on any atom is 0.161 e. The van der Waals surface area contributed by atoms with Gasteiger partial charge in [-0.05, 0) is 72.4 Å². The quantitative estimate of drug-likeness (QED) is 0.495. The zero-order chi connectivity index (χ0) is 21.3. The largest absolute Gasteiger partial charge is 0.493 e. The van der Waals surface area contributed by atoms with E-state index in [-0.39, 0.29) is 6.04 Å². The van der Waals surface area contributed by atoms with E-state index in [0.29, 0.717) is 0 Å². The third-order valence-corrected chi connectivity index (χ3v) is 6.25. The first-order chi connectivity index (χ1) is 14.5. The molecule has 0 spiro atoms. The molecule has 4 heteroatoms. The Kier molecular flexibility index (Phi) is 6.03. The Bertz CT molecular complexity index is 1060. The van der Waals surface area contributed by atoms with Gasteiger partial charge in [0.2, 0.25) is 0 Å². The minimum atomic E-state index is 0.104.